The van der Waals surface area contributed by atoms with Crippen molar-refractivity contribution in [2.24, 2.45) is 0 Å². The van der Waals surface area contributed by atoms with Gasteiger partial charge in [-0.15, -0.1) is 0 Å². The fraction of sp³-hybridized carbons (Fsp3) is 0.857. The van der Waals surface area contributed by atoms with Crippen LogP contribution in [0, 0.1) is 0 Å². The Kier molecular flexibility index (Phi) is 4.46. The molecule has 0 spiro atoms. The summed E-state index contributed by atoms with van der Waals surface area (Å²) in [6, 6.07) is 0. The molecule has 0 aromatic heterocycles. The van der Waals surface area contributed by atoms with E-state index in [2.05, 4.69) is 0 Å². The highest BCUT2D eigenvalue weighted by Crippen LogP contribution is 2.28. The largest absolute Gasteiger partial charge is 0.349 e. The first kappa shape index (κ1) is 9.77. The Labute approximate surface area is 62.8 Å². The zero-order valence-corrected chi connectivity index (χ0v) is 7.65. The van der Waals surface area contributed by atoms with E-state index in [1.165, 1.54) is 6.92 Å². The lowest BCUT2D eigenvalue weighted by Gasteiger charge is -1.91. The lowest BCUT2D eigenvalue weighted by Crippen LogP contribution is -2.08. The van der Waals surface area contributed by atoms with Crippen molar-refractivity contribution in [3.8, 4) is 0 Å². The molecule has 0 heterocycles. The SMILES string of the molecule is CCC[P+](=O)C(C)C(C)=O. The average Bonchev–Trinajstić information content (AvgIpc) is 1.87. The number of hydrogen-bond acceptors (Lipinski definition) is 2. The van der Waals surface area contributed by atoms with Gasteiger partial charge in [0.2, 0.25) is 5.66 Å². The molecule has 0 radical (unpaired) electrons. The smallest absolute Gasteiger partial charge is 0.295 e. The molecule has 58 valence electrons. The number of carbonyl (C=O) groups excluding carboxylic acids is 1. The zero-order chi connectivity index (χ0) is 8.15. The van der Waals surface area contributed by atoms with E-state index in [1.54, 1.807) is 6.92 Å². The molecule has 0 aromatic rings. The Balaban J connectivity index is 3.82. The minimum atomic E-state index is -1.28. The standard InChI is InChI=1S/C7H14O2P/c1-4-5-10(9)7(3)6(2)8/h7H,4-5H2,1-3H3/q+1. The second-order valence-electron chi connectivity index (χ2n) is 2.43. The van der Waals surface area contributed by atoms with Crippen LogP contribution in [0.5, 0.6) is 0 Å². The molecule has 2 unspecified atom stereocenters. The first-order valence-electron chi connectivity index (χ1n) is 3.53. The molecule has 0 fully saturated rings. The maximum atomic E-state index is 11.1. The average molecular weight is 161 g/mol. The second-order valence-corrected chi connectivity index (χ2v) is 4.48. The molecule has 0 N–H and O–H groups in total. The summed E-state index contributed by atoms with van der Waals surface area (Å²) < 4.78 is 11.1. The number of hydrogen-bond donors (Lipinski definition) is 0. The van der Waals surface area contributed by atoms with Crippen molar-refractivity contribution >= 4 is 13.6 Å². The molecule has 0 aromatic carbocycles. The normalized spacial score (nSPS) is 14.5. The van der Waals surface area contributed by atoms with Gasteiger partial charge < -0.3 is 0 Å². The molecule has 3 heteroatoms. The summed E-state index contributed by atoms with van der Waals surface area (Å²) in [5.41, 5.74) is -0.241. The fourth-order valence-electron chi connectivity index (χ4n) is 0.617. The maximum absolute atomic E-state index is 11.1. The molecule has 0 bridgehead atoms. The zero-order valence-electron chi connectivity index (χ0n) is 6.76. The van der Waals surface area contributed by atoms with Crippen LogP contribution in [0.2, 0.25) is 0 Å². The summed E-state index contributed by atoms with van der Waals surface area (Å²) >= 11 is 0. The first-order chi connectivity index (χ1) is 4.59. The van der Waals surface area contributed by atoms with Gasteiger partial charge in [-0.2, -0.15) is 0 Å². The van der Waals surface area contributed by atoms with E-state index in [0.717, 1.165) is 6.42 Å². The van der Waals surface area contributed by atoms with Crippen LogP contribution in [-0.2, 0) is 9.36 Å². The lowest BCUT2D eigenvalue weighted by molar-refractivity contribution is -0.116. The molecule has 0 saturated heterocycles. The Bertz CT molecular complexity index is 143. The van der Waals surface area contributed by atoms with Crippen LogP contribution in [0.25, 0.3) is 0 Å². The minimum absolute atomic E-state index is 0.0366. The number of rotatable bonds is 4. The van der Waals surface area contributed by atoms with Gasteiger partial charge in [0.05, 0.1) is 0 Å². The van der Waals surface area contributed by atoms with E-state index in [4.69, 9.17) is 0 Å². The predicted octanol–water partition coefficient (Wildman–Crippen LogP) is 2.20. The molecule has 2 atom stereocenters. The van der Waals surface area contributed by atoms with Gasteiger partial charge in [-0.05, 0) is 20.3 Å². The van der Waals surface area contributed by atoms with Crippen molar-refractivity contribution in [1.29, 1.82) is 0 Å². The topological polar surface area (TPSA) is 34.1 Å². The second kappa shape index (κ2) is 4.56. The molecular weight excluding hydrogens is 147 g/mol. The van der Waals surface area contributed by atoms with Crippen LogP contribution in [0.3, 0.4) is 0 Å². The molecule has 0 aliphatic carbocycles. The fourth-order valence-corrected chi connectivity index (χ4v) is 1.85. The van der Waals surface area contributed by atoms with E-state index in [-0.39, 0.29) is 11.4 Å². The minimum Gasteiger partial charge on any atom is -0.295 e. The predicted molar refractivity (Wildman–Crippen MR) is 42.9 cm³/mol. The highest BCUT2D eigenvalue weighted by Gasteiger charge is 2.27. The van der Waals surface area contributed by atoms with Gasteiger partial charge in [0.1, 0.15) is 6.16 Å². The molecule has 10 heavy (non-hydrogen) atoms. The Morgan fingerprint density at radius 2 is 2.10 bits per heavy atom. The van der Waals surface area contributed by atoms with Gasteiger partial charge in [-0.25, -0.2) is 0 Å². The van der Waals surface area contributed by atoms with Crippen LogP contribution < -0.4 is 0 Å². The summed E-state index contributed by atoms with van der Waals surface area (Å²) in [7, 11) is -1.28. The van der Waals surface area contributed by atoms with Crippen molar-refractivity contribution < 1.29 is 9.36 Å². The van der Waals surface area contributed by atoms with Crippen molar-refractivity contribution in [3.63, 3.8) is 0 Å². The molecule has 0 rings (SSSR count). The maximum Gasteiger partial charge on any atom is 0.349 e. The highest BCUT2D eigenvalue weighted by atomic mass is 31.1. The van der Waals surface area contributed by atoms with Crippen LogP contribution in [0.1, 0.15) is 27.2 Å². The lowest BCUT2D eigenvalue weighted by atomic mass is 10.3. The number of carbonyl (C=O) groups is 1. The van der Waals surface area contributed by atoms with Gasteiger partial charge in [0, 0.05) is 0 Å². The molecule has 0 aliphatic rings. The number of ketones is 1. The summed E-state index contributed by atoms with van der Waals surface area (Å²) in [4.78, 5) is 10.7. The first-order valence-corrected chi connectivity index (χ1v) is 5.05. The van der Waals surface area contributed by atoms with E-state index in [9.17, 15) is 9.36 Å². The third-order valence-electron chi connectivity index (χ3n) is 1.46. The van der Waals surface area contributed by atoms with Gasteiger partial charge in [-0.1, -0.05) is 11.5 Å². The van der Waals surface area contributed by atoms with Crippen molar-refractivity contribution in [3.05, 3.63) is 0 Å². The third kappa shape index (κ3) is 3.07. The molecular formula is C7H14O2P+. The monoisotopic (exact) mass is 161 g/mol. The van der Waals surface area contributed by atoms with Crippen molar-refractivity contribution in [2.45, 2.75) is 32.9 Å². The summed E-state index contributed by atoms with van der Waals surface area (Å²) in [5.74, 6) is 0.0366. The summed E-state index contributed by atoms with van der Waals surface area (Å²) in [5, 5.41) is 0. The summed E-state index contributed by atoms with van der Waals surface area (Å²) in [6.45, 7) is 5.20. The molecule has 0 amide bonds. The Morgan fingerprint density at radius 1 is 1.60 bits per heavy atom. The number of Topliss-reactive ketones (excluding diaryl/α,β-unsaturated/α-hetero) is 1. The van der Waals surface area contributed by atoms with Crippen LogP contribution in [0.4, 0.5) is 0 Å². The van der Waals surface area contributed by atoms with Gasteiger partial charge in [-0.3, -0.25) is 4.79 Å². The van der Waals surface area contributed by atoms with Crippen molar-refractivity contribution in [2.75, 3.05) is 6.16 Å². The third-order valence-corrected chi connectivity index (χ3v) is 3.58. The van der Waals surface area contributed by atoms with Gasteiger partial charge in [0.15, 0.2) is 5.78 Å². The van der Waals surface area contributed by atoms with E-state index >= 15 is 0 Å². The van der Waals surface area contributed by atoms with E-state index < -0.39 is 7.80 Å². The Hall–Kier alpha value is -0.230. The molecule has 0 aliphatic heterocycles. The summed E-state index contributed by atoms with van der Waals surface area (Å²) in [6.07, 6.45) is 1.57. The van der Waals surface area contributed by atoms with E-state index in [1.807, 2.05) is 6.92 Å². The van der Waals surface area contributed by atoms with Crippen LogP contribution in [-0.4, -0.2) is 17.6 Å². The van der Waals surface area contributed by atoms with Crippen LogP contribution >= 0.6 is 7.80 Å². The van der Waals surface area contributed by atoms with E-state index in [0.29, 0.717) is 6.16 Å². The molecule has 2 nitrogen and oxygen atoms in total. The molecule has 0 saturated carbocycles. The van der Waals surface area contributed by atoms with Crippen molar-refractivity contribution in [1.82, 2.24) is 0 Å². The van der Waals surface area contributed by atoms with Gasteiger partial charge in [0.25, 0.3) is 0 Å². The van der Waals surface area contributed by atoms with Crippen LogP contribution in [0.15, 0.2) is 0 Å². The Morgan fingerprint density at radius 3 is 2.40 bits per heavy atom. The quantitative estimate of drug-likeness (QED) is 0.592. The van der Waals surface area contributed by atoms with Gasteiger partial charge >= 0.3 is 7.80 Å². The highest BCUT2D eigenvalue weighted by molar-refractivity contribution is 7.46.